The van der Waals surface area contributed by atoms with Crippen molar-refractivity contribution in [1.29, 1.82) is 0 Å². The molecule has 4 nitrogen and oxygen atoms in total. The summed E-state index contributed by atoms with van der Waals surface area (Å²) < 4.78 is 50.6. The number of halogens is 4. The van der Waals surface area contributed by atoms with Crippen LogP contribution in [-0.4, -0.2) is 25.5 Å². The van der Waals surface area contributed by atoms with Crippen LogP contribution in [0.5, 0.6) is 0 Å². The van der Waals surface area contributed by atoms with Crippen LogP contribution in [0.1, 0.15) is 5.56 Å². The van der Waals surface area contributed by atoms with Crippen molar-refractivity contribution in [1.82, 2.24) is 10.9 Å². The third-order valence-corrected chi connectivity index (χ3v) is 2.50. The molecular weight excluding hydrogens is 264 g/mol. The first-order valence-electron chi connectivity index (χ1n) is 5.59. The lowest BCUT2D eigenvalue weighted by Crippen LogP contribution is -2.45. The molecule has 1 aliphatic rings. The second-order valence-corrected chi connectivity index (χ2v) is 3.93. The molecule has 0 saturated heterocycles. The summed E-state index contributed by atoms with van der Waals surface area (Å²) in [6.45, 7) is 1.52. The minimum absolute atomic E-state index is 0.184. The van der Waals surface area contributed by atoms with Gasteiger partial charge in [-0.3, -0.25) is 4.99 Å². The molecule has 0 fully saturated rings. The molecule has 0 amide bonds. The van der Waals surface area contributed by atoms with Crippen LogP contribution in [-0.2, 0) is 6.18 Å². The molecule has 0 spiro atoms. The van der Waals surface area contributed by atoms with E-state index in [0.29, 0.717) is 18.9 Å². The number of anilines is 1. The van der Waals surface area contributed by atoms with E-state index >= 15 is 0 Å². The SMILES string of the molecule is Fc1ccc(NCC2=NCCNN2)cc1C(F)(F)F. The second kappa shape index (κ2) is 5.43. The Bertz CT molecular complexity index is 484. The fourth-order valence-electron chi connectivity index (χ4n) is 1.59. The van der Waals surface area contributed by atoms with Crippen molar-refractivity contribution in [3.8, 4) is 0 Å². The predicted octanol–water partition coefficient (Wildman–Crippen LogP) is 1.76. The number of alkyl halides is 3. The zero-order valence-electron chi connectivity index (χ0n) is 9.81. The van der Waals surface area contributed by atoms with E-state index in [9.17, 15) is 17.6 Å². The van der Waals surface area contributed by atoms with Crippen molar-refractivity contribution >= 4 is 11.5 Å². The van der Waals surface area contributed by atoms with E-state index in [-0.39, 0.29) is 12.2 Å². The highest BCUT2D eigenvalue weighted by molar-refractivity contribution is 5.86. The molecule has 104 valence electrons. The summed E-state index contributed by atoms with van der Waals surface area (Å²) in [4.78, 5) is 4.12. The topological polar surface area (TPSA) is 48.5 Å². The van der Waals surface area contributed by atoms with Gasteiger partial charge < -0.3 is 10.7 Å². The third-order valence-electron chi connectivity index (χ3n) is 2.50. The van der Waals surface area contributed by atoms with Gasteiger partial charge in [0.2, 0.25) is 0 Å². The Morgan fingerprint density at radius 3 is 2.74 bits per heavy atom. The Kier molecular flexibility index (Phi) is 3.89. The number of amidine groups is 1. The summed E-state index contributed by atoms with van der Waals surface area (Å²) in [6.07, 6.45) is -4.70. The van der Waals surface area contributed by atoms with E-state index in [4.69, 9.17) is 0 Å². The van der Waals surface area contributed by atoms with Gasteiger partial charge in [0, 0.05) is 12.2 Å². The Balaban J connectivity index is 2.07. The first-order valence-corrected chi connectivity index (χ1v) is 5.59. The summed E-state index contributed by atoms with van der Waals surface area (Å²) in [5.41, 5.74) is 4.54. The normalized spacial score (nSPS) is 15.7. The van der Waals surface area contributed by atoms with E-state index in [1.807, 2.05) is 0 Å². The summed E-state index contributed by atoms with van der Waals surface area (Å²) in [5.74, 6) is -0.697. The summed E-state index contributed by atoms with van der Waals surface area (Å²) in [7, 11) is 0. The summed E-state index contributed by atoms with van der Waals surface area (Å²) in [6, 6.07) is 2.78. The maximum Gasteiger partial charge on any atom is 0.419 e. The van der Waals surface area contributed by atoms with Crippen LogP contribution in [0.25, 0.3) is 0 Å². The van der Waals surface area contributed by atoms with E-state index in [1.165, 1.54) is 6.07 Å². The first-order chi connectivity index (χ1) is 8.97. The Morgan fingerprint density at radius 2 is 2.11 bits per heavy atom. The quantitative estimate of drug-likeness (QED) is 0.737. The van der Waals surface area contributed by atoms with Gasteiger partial charge in [-0.2, -0.15) is 13.2 Å². The van der Waals surface area contributed by atoms with Crippen LogP contribution < -0.4 is 16.2 Å². The van der Waals surface area contributed by atoms with Crippen LogP contribution in [0.3, 0.4) is 0 Å². The van der Waals surface area contributed by atoms with E-state index in [0.717, 1.165) is 12.1 Å². The molecule has 0 atom stereocenters. The van der Waals surface area contributed by atoms with Crippen LogP contribution in [0, 0.1) is 5.82 Å². The van der Waals surface area contributed by atoms with Gasteiger partial charge in [0.1, 0.15) is 11.7 Å². The van der Waals surface area contributed by atoms with Crippen molar-refractivity contribution in [3.63, 3.8) is 0 Å². The van der Waals surface area contributed by atoms with Gasteiger partial charge in [-0.15, -0.1) is 0 Å². The molecular formula is C11H12F4N4. The largest absolute Gasteiger partial charge is 0.419 e. The molecule has 0 aliphatic carbocycles. The minimum Gasteiger partial charge on any atom is -0.378 e. The van der Waals surface area contributed by atoms with E-state index in [2.05, 4.69) is 21.2 Å². The smallest absolute Gasteiger partial charge is 0.378 e. The molecule has 0 bridgehead atoms. The van der Waals surface area contributed by atoms with Gasteiger partial charge in [-0.05, 0) is 18.2 Å². The number of aliphatic imine (C=N–C) groups is 1. The predicted molar refractivity (Wildman–Crippen MR) is 63.3 cm³/mol. The maximum absolute atomic E-state index is 13.1. The highest BCUT2D eigenvalue weighted by Crippen LogP contribution is 2.32. The summed E-state index contributed by atoms with van der Waals surface area (Å²) >= 11 is 0. The van der Waals surface area contributed by atoms with Crippen LogP contribution in [0.2, 0.25) is 0 Å². The molecule has 0 radical (unpaired) electrons. The molecule has 1 aliphatic heterocycles. The average Bonchev–Trinajstić information content (AvgIpc) is 2.37. The van der Waals surface area contributed by atoms with Gasteiger partial charge in [-0.1, -0.05) is 0 Å². The Hall–Kier alpha value is -1.83. The molecule has 19 heavy (non-hydrogen) atoms. The van der Waals surface area contributed by atoms with Crippen molar-refractivity contribution in [2.24, 2.45) is 4.99 Å². The third kappa shape index (κ3) is 3.57. The zero-order valence-corrected chi connectivity index (χ0v) is 9.81. The van der Waals surface area contributed by atoms with E-state index < -0.39 is 17.6 Å². The zero-order chi connectivity index (χ0) is 13.9. The number of hydrogen-bond acceptors (Lipinski definition) is 4. The first kappa shape index (κ1) is 13.6. The van der Waals surface area contributed by atoms with Crippen LogP contribution >= 0.6 is 0 Å². The average molecular weight is 276 g/mol. The summed E-state index contributed by atoms with van der Waals surface area (Å²) in [5, 5.41) is 2.75. The monoisotopic (exact) mass is 276 g/mol. The maximum atomic E-state index is 13.1. The second-order valence-electron chi connectivity index (χ2n) is 3.93. The molecule has 1 aromatic carbocycles. The molecule has 0 saturated carbocycles. The van der Waals surface area contributed by atoms with Crippen molar-refractivity contribution in [2.45, 2.75) is 6.18 Å². The number of hydrogen-bond donors (Lipinski definition) is 3. The number of nitrogens with zero attached hydrogens (tertiary/aromatic N) is 1. The van der Waals surface area contributed by atoms with Gasteiger partial charge in [0.05, 0.1) is 18.7 Å². The van der Waals surface area contributed by atoms with Crippen LogP contribution in [0.15, 0.2) is 23.2 Å². The lowest BCUT2D eigenvalue weighted by molar-refractivity contribution is -0.139. The fourth-order valence-corrected chi connectivity index (χ4v) is 1.59. The van der Waals surface area contributed by atoms with Crippen LogP contribution in [0.4, 0.5) is 23.2 Å². The number of nitrogens with one attached hydrogen (secondary N) is 3. The van der Waals surface area contributed by atoms with Gasteiger partial charge in [0.15, 0.2) is 0 Å². The van der Waals surface area contributed by atoms with Crippen molar-refractivity contribution in [3.05, 3.63) is 29.6 Å². The molecule has 8 heteroatoms. The van der Waals surface area contributed by atoms with E-state index in [1.54, 1.807) is 0 Å². The lowest BCUT2D eigenvalue weighted by Gasteiger charge is -2.17. The molecule has 0 unspecified atom stereocenters. The standard InChI is InChI=1S/C11H12F4N4/c12-9-2-1-7(5-8(9)11(13,14)15)17-6-10-16-3-4-18-19-10/h1-2,5,17-18H,3-4,6H2,(H,16,19). The van der Waals surface area contributed by atoms with Gasteiger partial charge in [-0.25, -0.2) is 9.82 Å². The highest BCUT2D eigenvalue weighted by Gasteiger charge is 2.34. The number of rotatable bonds is 3. The Morgan fingerprint density at radius 1 is 1.32 bits per heavy atom. The molecule has 1 aromatic rings. The van der Waals surface area contributed by atoms with Gasteiger partial charge in [0.25, 0.3) is 0 Å². The van der Waals surface area contributed by atoms with Crippen molar-refractivity contribution < 1.29 is 17.6 Å². The molecule has 0 aromatic heterocycles. The Labute approximate surface area is 106 Å². The van der Waals surface area contributed by atoms with Gasteiger partial charge >= 0.3 is 6.18 Å². The minimum atomic E-state index is -4.70. The fraction of sp³-hybridized carbons (Fsp3) is 0.364. The number of benzene rings is 1. The van der Waals surface area contributed by atoms with Crippen molar-refractivity contribution in [2.75, 3.05) is 25.0 Å². The molecule has 2 rings (SSSR count). The highest BCUT2D eigenvalue weighted by atomic mass is 19.4. The lowest BCUT2D eigenvalue weighted by atomic mass is 10.2. The number of hydrazine groups is 1. The molecule has 1 heterocycles. The molecule has 3 N–H and O–H groups in total.